The summed E-state index contributed by atoms with van der Waals surface area (Å²) in [5.41, 5.74) is 2.26. The van der Waals surface area contributed by atoms with Crippen molar-refractivity contribution in [2.24, 2.45) is 5.92 Å². The zero-order chi connectivity index (χ0) is 22.7. The summed E-state index contributed by atoms with van der Waals surface area (Å²) >= 11 is 0. The Morgan fingerprint density at radius 3 is 2.09 bits per heavy atom. The first-order chi connectivity index (χ1) is 15.5. The Bertz CT molecular complexity index is 1070. The van der Waals surface area contributed by atoms with Crippen LogP contribution in [0.1, 0.15) is 32.1 Å². The molecule has 0 aliphatic carbocycles. The van der Waals surface area contributed by atoms with Crippen molar-refractivity contribution in [1.29, 1.82) is 0 Å². The minimum atomic E-state index is -1.01. The van der Waals surface area contributed by atoms with Crippen molar-refractivity contribution >= 4 is 0 Å². The first-order valence-electron chi connectivity index (χ1n) is 10.7. The Kier molecular flexibility index (Phi) is 6.82. The summed E-state index contributed by atoms with van der Waals surface area (Å²) in [6, 6.07) is 14.4. The number of ether oxygens (including phenoxy) is 3. The van der Waals surface area contributed by atoms with Crippen LogP contribution in [0.2, 0.25) is 0 Å². The summed E-state index contributed by atoms with van der Waals surface area (Å²) in [4.78, 5) is 0. The van der Waals surface area contributed by atoms with Gasteiger partial charge in [-0.3, -0.25) is 0 Å². The Morgan fingerprint density at radius 1 is 0.844 bits per heavy atom. The molecule has 1 saturated heterocycles. The van der Waals surface area contributed by atoms with Crippen molar-refractivity contribution in [2.75, 3.05) is 19.8 Å². The van der Waals surface area contributed by atoms with Crippen LogP contribution in [-0.2, 0) is 9.47 Å². The van der Waals surface area contributed by atoms with E-state index in [0.29, 0.717) is 54.4 Å². The Labute approximate surface area is 185 Å². The Morgan fingerprint density at radius 2 is 1.47 bits per heavy atom. The summed E-state index contributed by atoms with van der Waals surface area (Å²) in [5, 5.41) is 0. The average molecular weight is 442 g/mol. The number of hydrogen-bond donors (Lipinski definition) is 0. The quantitative estimate of drug-likeness (QED) is 0.415. The fourth-order valence-corrected chi connectivity index (χ4v) is 3.61. The molecule has 0 saturated carbocycles. The molecule has 3 aromatic carbocycles. The molecule has 6 heteroatoms. The summed E-state index contributed by atoms with van der Waals surface area (Å²) in [5.74, 6) is -2.18. The van der Waals surface area contributed by atoms with Crippen molar-refractivity contribution in [3.8, 4) is 28.0 Å². The van der Waals surface area contributed by atoms with Crippen LogP contribution in [-0.4, -0.2) is 19.8 Å². The maximum atomic E-state index is 14.8. The van der Waals surface area contributed by atoms with Crippen LogP contribution in [0, 0.1) is 23.4 Å². The van der Waals surface area contributed by atoms with Gasteiger partial charge < -0.3 is 14.2 Å². The van der Waals surface area contributed by atoms with E-state index in [2.05, 4.69) is 0 Å². The first kappa shape index (κ1) is 22.4. The second-order valence-electron chi connectivity index (χ2n) is 8.01. The molecular weight excluding hydrogens is 417 g/mol. The van der Waals surface area contributed by atoms with Crippen LogP contribution in [0.5, 0.6) is 5.75 Å². The van der Waals surface area contributed by atoms with Gasteiger partial charge in [-0.1, -0.05) is 50.2 Å². The van der Waals surface area contributed by atoms with Gasteiger partial charge in [0.1, 0.15) is 5.82 Å². The van der Waals surface area contributed by atoms with Crippen molar-refractivity contribution in [2.45, 2.75) is 26.6 Å². The van der Waals surface area contributed by atoms with Gasteiger partial charge in [0.25, 0.3) is 0 Å². The SMILES string of the molecule is CCCOc1ccc(-c2ccc(-c3ccc(C4OCC(C)CO4)cc3F)cc2)c(F)c1F. The molecule has 1 aliphatic rings. The van der Waals surface area contributed by atoms with Crippen molar-refractivity contribution in [1.82, 2.24) is 0 Å². The molecule has 0 aromatic heterocycles. The van der Waals surface area contributed by atoms with E-state index in [-0.39, 0.29) is 11.3 Å². The van der Waals surface area contributed by atoms with Crippen LogP contribution in [0.15, 0.2) is 54.6 Å². The van der Waals surface area contributed by atoms with Crippen LogP contribution in [0.3, 0.4) is 0 Å². The molecule has 0 bridgehead atoms. The lowest BCUT2D eigenvalue weighted by Gasteiger charge is -2.27. The first-order valence-corrected chi connectivity index (χ1v) is 10.7. The van der Waals surface area contributed by atoms with Crippen molar-refractivity contribution < 1.29 is 27.4 Å². The van der Waals surface area contributed by atoms with Gasteiger partial charge in [0.2, 0.25) is 5.82 Å². The Hall–Kier alpha value is -2.83. The zero-order valence-electron chi connectivity index (χ0n) is 18.0. The van der Waals surface area contributed by atoms with Crippen LogP contribution in [0.4, 0.5) is 13.2 Å². The number of hydrogen-bond acceptors (Lipinski definition) is 3. The molecular formula is C26H25F3O3. The number of halogens is 3. The predicted molar refractivity (Wildman–Crippen MR) is 117 cm³/mol. The molecule has 3 nitrogen and oxygen atoms in total. The summed E-state index contributed by atoms with van der Waals surface area (Å²) in [6.45, 7) is 5.36. The van der Waals surface area contributed by atoms with E-state index < -0.39 is 23.7 Å². The molecule has 0 N–H and O–H groups in total. The van der Waals surface area contributed by atoms with Gasteiger partial charge in [-0.25, -0.2) is 8.78 Å². The highest BCUT2D eigenvalue weighted by Gasteiger charge is 2.22. The van der Waals surface area contributed by atoms with Crippen LogP contribution < -0.4 is 4.74 Å². The predicted octanol–water partition coefficient (Wildman–Crippen LogP) is 6.91. The molecule has 0 amide bonds. The normalized spacial score (nSPS) is 18.5. The van der Waals surface area contributed by atoms with Gasteiger partial charge in [0, 0.05) is 22.6 Å². The van der Waals surface area contributed by atoms with Gasteiger partial charge in [-0.15, -0.1) is 0 Å². The third-order valence-electron chi connectivity index (χ3n) is 5.35. The largest absolute Gasteiger partial charge is 0.490 e. The van der Waals surface area contributed by atoms with Gasteiger partial charge in [0.05, 0.1) is 19.8 Å². The highest BCUT2D eigenvalue weighted by Crippen LogP contribution is 2.33. The van der Waals surface area contributed by atoms with Gasteiger partial charge in [-0.2, -0.15) is 4.39 Å². The van der Waals surface area contributed by atoms with E-state index >= 15 is 0 Å². The molecule has 0 radical (unpaired) electrons. The van der Waals surface area contributed by atoms with Gasteiger partial charge >= 0.3 is 0 Å². The zero-order valence-corrected chi connectivity index (χ0v) is 18.0. The smallest absolute Gasteiger partial charge is 0.201 e. The van der Waals surface area contributed by atoms with Crippen molar-refractivity contribution in [3.63, 3.8) is 0 Å². The second kappa shape index (κ2) is 9.76. The molecule has 0 spiro atoms. The lowest BCUT2D eigenvalue weighted by molar-refractivity contribution is -0.202. The molecule has 0 unspecified atom stereocenters. The standard InChI is InChI=1S/C26H25F3O3/c1-3-12-30-23-11-10-21(24(28)25(23)29)18-6-4-17(5-7-18)20-9-8-19(13-22(20)27)26-31-14-16(2)15-32-26/h4-11,13,16,26H,3,12,14-15H2,1-2H3. The highest BCUT2D eigenvalue weighted by atomic mass is 19.2. The van der Waals surface area contributed by atoms with Crippen LogP contribution in [0.25, 0.3) is 22.3 Å². The Balaban J connectivity index is 1.55. The van der Waals surface area contributed by atoms with E-state index in [1.54, 1.807) is 36.4 Å². The fraction of sp³-hybridized carbons (Fsp3) is 0.308. The van der Waals surface area contributed by atoms with Gasteiger partial charge in [-0.05, 0) is 35.7 Å². The average Bonchev–Trinajstić information content (AvgIpc) is 2.81. The summed E-state index contributed by atoms with van der Waals surface area (Å²) in [6.07, 6.45) is 0.126. The minimum absolute atomic E-state index is 0.104. The molecule has 1 aliphatic heterocycles. The van der Waals surface area contributed by atoms with E-state index in [4.69, 9.17) is 14.2 Å². The molecule has 168 valence electrons. The van der Waals surface area contributed by atoms with E-state index in [9.17, 15) is 13.2 Å². The highest BCUT2D eigenvalue weighted by molar-refractivity contribution is 5.71. The molecule has 3 aromatic rings. The second-order valence-corrected chi connectivity index (χ2v) is 8.01. The molecule has 1 heterocycles. The maximum Gasteiger partial charge on any atom is 0.201 e. The monoisotopic (exact) mass is 442 g/mol. The summed E-state index contributed by atoms with van der Waals surface area (Å²) in [7, 11) is 0. The number of rotatable bonds is 6. The molecule has 32 heavy (non-hydrogen) atoms. The number of benzene rings is 3. The third-order valence-corrected chi connectivity index (χ3v) is 5.35. The topological polar surface area (TPSA) is 27.7 Å². The molecule has 4 rings (SSSR count). The lowest BCUT2D eigenvalue weighted by Crippen LogP contribution is -2.25. The lowest BCUT2D eigenvalue weighted by atomic mass is 9.98. The van der Waals surface area contributed by atoms with Gasteiger partial charge in [0.15, 0.2) is 17.9 Å². The fourth-order valence-electron chi connectivity index (χ4n) is 3.61. The van der Waals surface area contributed by atoms with Crippen LogP contribution >= 0.6 is 0 Å². The van der Waals surface area contributed by atoms with E-state index in [1.165, 1.54) is 18.2 Å². The van der Waals surface area contributed by atoms with E-state index in [1.807, 2.05) is 13.8 Å². The maximum absolute atomic E-state index is 14.8. The molecule has 1 fully saturated rings. The molecule has 0 atom stereocenters. The minimum Gasteiger partial charge on any atom is -0.490 e. The third kappa shape index (κ3) is 4.66. The summed E-state index contributed by atoms with van der Waals surface area (Å²) < 4.78 is 60.2. The van der Waals surface area contributed by atoms with Crippen molar-refractivity contribution in [3.05, 3.63) is 77.6 Å². The van der Waals surface area contributed by atoms with E-state index in [0.717, 1.165) is 0 Å².